The highest BCUT2D eigenvalue weighted by molar-refractivity contribution is 7.12. The van der Waals surface area contributed by atoms with Crippen molar-refractivity contribution in [1.29, 1.82) is 0 Å². The molecule has 0 N–H and O–H groups in total. The molecule has 4 nitrogen and oxygen atoms in total. The number of aryl methyl sites for hydroxylation is 2. The lowest BCUT2D eigenvalue weighted by Crippen LogP contribution is -2.12. The van der Waals surface area contributed by atoms with Crippen LogP contribution in [-0.4, -0.2) is 25.5 Å². The Hall–Kier alpha value is -2.92. The molecule has 2 aromatic carbocycles. The Morgan fingerprint density at radius 1 is 1.04 bits per heavy atom. The summed E-state index contributed by atoms with van der Waals surface area (Å²) in [5.41, 5.74) is 1.50. The van der Waals surface area contributed by atoms with Crippen molar-refractivity contribution < 1.29 is 19.1 Å². The van der Waals surface area contributed by atoms with Crippen LogP contribution in [-0.2, 0) is 9.53 Å². The van der Waals surface area contributed by atoms with Crippen LogP contribution in [0.25, 0.3) is 16.8 Å². The zero-order valence-corrected chi connectivity index (χ0v) is 16.3. The van der Waals surface area contributed by atoms with Crippen molar-refractivity contribution in [3.8, 4) is 5.75 Å². The van der Waals surface area contributed by atoms with Crippen LogP contribution in [0.2, 0.25) is 0 Å². The van der Waals surface area contributed by atoms with Gasteiger partial charge in [0.2, 0.25) is 5.78 Å². The largest absolute Gasteiger partial charge is 0.497 e. The monoisotopic (exact) mass is 380 g/mol. The molecule has 27 heavy (non-hydrogen) atoms. The molecule has 0 saturated carbocycles. The van der Waals surface area contributed by atoms with Crippen molar-refractivity contribution in [1.82, 2.24) is 0 Å². The Balaban J connectivity index is 1.61. The van der Waals surface area contributed by atoms with Gasteiger partial charge in [-0.3, -0.25) is 4.79 Å². The summed E-state index contributed by atoms with van der Waals surface area (Å²) in [5.74, 6) is 0.0797. The minimum absolute atomic E-state index is 0.182. The number of Topliss-reactive ketones (excluding diaryl/α,β-unsaturated/α-hetero) is 1. The van der Waals surface area contributed by atoms with Crippen LogP contribution in [0.5, 0.6) is 5.75 Å². The Morgan fingerprint density at radius 2 is 1.78 bits per heavy atom. The molecule has 0 aliphatic rings. The zero-order valence-electron chi connectivity index (χ0n) is 15.4. The lowest BCUT2D eigenvalue weighted by atomic mass is 10.1. The van der Waals surface area contributed by atoms with Crippen LogP contribution in [0, 0.1) is 13.8 Å². The molecule has 0 saturated heterocycles. The second-order valence-electron chi connectivity index (χ2n) is 6.16. The van der Waals surface area contributed by atoms with Crippen LogP contribution in [0.1, 0.15) is 25.7 Å². The number of hydrogen-bond donors (Lipinski definition) is 0. The number of thiophene rings is 1. The van der Waals surface area contributed by atoms with Crippen LogP contribution < -0.4 is 4.74 Å². The molecule has 1 aromatic heterocycles. The SMILES string of the molecule is COc1ccc2cc(/C=C/C(=O)OCC(=O)c3cc(C)sc3C)ccc2c1. The van der Waals surface area contributed by atoms with E-state index in [1.54, 1.807) is 24.5 Å². The molecular weight excluding hydrogens is 360 g/mol. The molecule has 0 spiro atoms. The van der Waals surface area contributed by atoms with Gasteiger partial charge in [0.25, 0.3) is 0 Å². The summed E-state index contributed by atoms with van der Waals surface area (Å²) in [7, 11) is 1.63. The fraction of sp³-hybridized carbons (Fsp3) is 0.182. The molecule has 0 bridgehead atoms. The molecule has 0 fully saturated rings. The highest BCUT2D eigenvalue weighted by Gasteiger charge is 2.13. The number of ether oxygens (including phenoxy) is 2. The third kappa shape index (κ3) is 4.63. The standard InChI is InChI=1S/C22H20O4S/c1-14-10-20(15(2)27-14)21(23)13-26-22(24)9-5-16-4-6-18-12-19(25-3)8-7-17(18)11-16/h4-12H,13H2,1-3H3/b9-5+. The van der Waals surface area contributed by atoms with Gasteiger partial charge in [-0.05, 0) is 60.5 Å². The quantitative estimate of drug-likeness (QED) is 0.344. The van der Waals surface area contributed by atoms with Crippen molar-refractivity contribution in [3.63, 3.8) is 0 Å². The number of methoxy groups -OCH3 is 1. The highest BCUT2D eigenvalue weighted by Crippen LogP contribution is 2.23. The average Bonchev–Trinajstić information content (AvgIpc) is 3.02. The number of fused-ring (bicyclic) bond motifs is 1. The first-order chi connectivity index (χ1) is 13.0. The first-order valence-corrected chi connectivity index (χ1v) is 9.31. The van der Waals surface area contributed by atoms with Crippen LogP contribution in [0.15, 0.2) is 48.5 Å². The summed E-state index contributed by atoms with van der Waals surface area (Å²) in [6, 6.07) is 13.5. The van der Waals surface area contributed by atoms with Gasteiger partial charge < -0.3 is 9.47 Å². The molecule has 0 atom stereocenters. The molecular formula is C22H20O4S. The summed E-state index contributed by atoms with van der Waals surface area (Å²) in [5, 5.41) is 2.10. The predicted octanol–water partition coefficient (Wildman–Crippen LogP) is 4.97. The number of benzene rings is 2. The van der Waals surface area contributed by atoms with Gasteiger partial charge in [-0.2, -0.15) is 0 Å². The van der Waals surface area contributed by atoms with Crippen molar-refractivity contribution in [2.75, 3.05) is 13.7 Å². The summed E-state index contributed by atoms with van der Waals surface area (Å²) in [6.45, 7) is 3.59. The van der Waals surface area contributed by atoms with E-state index in [0.717, 1.165) is 31.8 Å². The maximum absolute atomic E-state index is 12.2. The van der Waals surface area contributed by atoms with Crippen LogP contribution in [0.4, 0.5) is 0 Å². The fourth-order valence-electron chi connectivity index (χ4n) is 2.81. The van der Waals surface area contributed by atoms with E-state index < -0.39 is 5.97 Å². The Morgan fingerprint density at radius 3 is 2.48 bits per heavy atom. The van der Waals surface area contributed by atoms with Crippen LogP contribution >= 0.6 is 11.3 Å². The first kappa shape index (κ1) is 18.9. The van der Waals surface area contributed by atoms with Crippen LogP contribution in [0.3, 0.4) is 0 Å². The van der Waals surface area contributed by atoms with E-state index in [9.17, 15) is 9.59 Å². The molecule has 0 radical (unpaired) electrons. The van der Waals surface area contributed by atoms with Gasteiger partial charge in [0.05, 0.1) is 7.11 Å². The lowest BCUT2D eigenvalue weighted by Gasteiger charge is -2.04. The maximum Gasteiger partial charge on any atom is 0.331 e. The van der Waals surface area contributed by atoms with E-state index in [1.165, 1.54) is 6.08 Å². The third-order valence-corrected chi connectivity index (χ3v) is 5.14. The second kappa shape index (κ2) is 8.18. The molecule has 0 amide bonds. The molecule has 0 unspecified atom stereocenters. The first-order valence-electron chi connectivity index (χ1n) is 8.49. The lowest BCUT2D eigenvalue weighted by molar-refractivity contribution is -0.136. The van der Waals surface area contributed by atoms with E-state index >= 15 is 0 Å². The molecule has 3 rings (SSSR count). The van der Waals surface area contributed by atoms with E-state index in [4.69, 9.17) is 9.47 Å². The minimum Gasteiger partial charge on any atom is -0.497 e. The number of rotatable bonds is 6. The van der Waals surface area contributed by atoms with Gasteiger partial charge in [0.15, 0.2) is 6.61 Å². The molecule has 0 aliphatic carbocycles. The molecule has 138 valence electrons. The number of carbonyl (C=O) groups is 2. The normalized spacial score (nSPS) is 11.1. The number of esters is 1. The summed E-state index contributed by atoms with van der Waals surface area (Å²) in [6.07, 6.45) is 3.01. The highest BCUT2D eigenvalue weighted by atomic mass is 32.1. The Labute approximate surface area is 162 Å². The fourth-order valence-corrected chi connectivity index (χ4v) is 3.75. The van der Waals surface area contributed by atoms with Crippen molar-refractivity contribution in [2.45, 2.75) is 13.8 Å². The molecule has 0 aliphatic heterocycles. The predicted molar refractivity (Wildman–Crippen MR) is 109 cm³/mol. The van der Waals surface area contributed by atoms with Crippen molar-refractivity contribution in [3.05, 3.63) is 69.4 Å². The molecule has 1 heterocycles. The molecule has 5 heteroatoms. The average molecular weight is 380 g/mol. The van der Waals surface area contributed by atoms with Gasteiger partial charge in [-0.1, -0.05) is 18.2 Å². The van der Waals surface area contributed by atoms with Gasteiger partial charge in [0, 0.05) is 21.4 Å². The van der Waals surface area contributed by atoms with E-state index in [1.807, 2.05) is 56.3 Å². The van der Waals surface area contributed by atoms with Crippen molar-refractivity contribution in [2.24, 2.45) is 0 Å². The number of hydrogen-bond acceptors (Lipinski definition) is 5. The second-order valence-corrected chi connectivity index (χ2v) is 7.62. The van der Waals surface area contributed by atoms with Crippen molar-refractivity contribution >= 4 is 39.9 Å². The smallest absolute Gasteiger partial charge is 0.331 e. The van der Waals surface area contributed by atoms with Gasteiger partial charge in [-0.25, -0.2) is 4.79 Å². The summed E-state index contributed by atoms with van der Waals surface area (Å²) >= 11 is 1.56. The van der Waals surface area contributed by atoms with Gasteiger partial charge >= 0.3 is 5.97 Å². The number of ketones is 1. The maximum atomic E-state index is 12.2. The number of carbonyl (C=O) groups excluding carboxylic acids is 2. The topological polar surface area (TPSA) is 52.6 Å². The van der Waals surface area contributed by atoms with E-state index in [2.05, 4.69) is 0 Å². The van der Waals surface area contributed by atoms with Gasteiger partial charge in [-0.15, -0.1) is 11.3 Å². The molecule has 3 aromatic rings. The summed E-state index contributed by atoms with van der Waals surface area (Å²) in [4.78, 5) is 26.1. The summed E-state index contributed by atoms with van der Waals surface area (Å²) < 4.78 is 10.3. The van der Waals surface area contributed by atoms with E-state index in [-0.39, 0.29) is 12.4 Å². The van der Waals surface area contributed by atoms with E-state index in [0.29, 0.717) is 5.56 Å². The minimum atomic E-state index is -0.539. The Bertz CT molecular complexity index is 1030. The third-order valence-electron chi connectivity index (χ3n) is 4.17. The van der Waals surface area contributed by atoms with Gasteiger partial charge in [0.1, 0.15) is 5.75 Å². The Kier molecular flexibility index (Phi) is 5.72. The zero-order chi connectivity index (χ0) is 19.4.